The van der Waals surface area contributed by atoms with E-state index in [0.29, 0.717) is 22.6 Å². The Morgan fingerprint density at radius 3 is 2.29 bits per heavy atom. The third-order valence-corrected chi connectivity index (χ3v) is 6.87. The lowest BCUT2D eigenvalue weighted by Crippen LogP contribution is -2.22. The molecule has 0 spiro atoms. The monoisotopic (exact) mass is 493 g/mol. The van der Waals surface area contributed by atoms with E-state index in [2.05, 4.69) is 5.32 Å². The van der Waals surface area contributed by atoms with Crippen LogP contribution in [-0.2, 0) is 27.6 Å². The molecule has 0 bridgehead atoms. The van der Waals surface area contributed by atoms with E-state index in [0.717, 1.165) is 70.3 Å². The van der Waals surface area contributed by atoms with Crippen LogP contribution in [0.15, 0.2) is 47.4 Å². The van der Waals surface area contributed by atoms with Crippen molar-refractivity contribution < 1.29 is 28.5 Å². The minimum Gasteiger partial charge on any atom is -0.508 e. The van der Waals surface area contributed by atoms with Gasteiger partial charge in [0.1, 0.15) is 5.75 Å². The first-order valence-electron chi connectivity index (χ1n) is 12.0. The highest BCUT2D eigenvalue weighted by atomic mass is 32.2. The van der Waals surface area contributed by atoms with Crippen molar-refractivity contribution in [1.82, 2.24) is 5.32 Å². The van der Waals surface area contributed by atoms with E-state index >= 15 is 0 Å². The van der Waals surface area contributed by atoms with Gasteiger partial charge in [-0.15, -0.1) is 0 Å². The van der Waals surface area contributed by atoms with Crippen molar-refractivity contribution in [3.8, 4) is 5.75 Å². The molecule has 0 radical (unpaired) electrons. The fourth-order valence-electron chi connectivity index (χ4n) is 3.64. The SMILES string of the molecule is CS(=O)(=O)c1ccc(CCCCOCCCCCCNC[C@H](O)c2ccc(O)c(CO)c2)cc1. The number of ether oxygens (including phenoxy) is 1. The first-order valence-corrected chi connectivity index (χ1v) is 13.9. The molecule has 0 aliphatic heterocycles. The van der Waals surface area contributed by atoms with Crippen LogP contribution in [-0.4, -0.2) is 56.3 Å². The van der Waals surface area contributed by atoms with Crippen LogP contribution in [0.3, 0.4) is 0 Å². The standard InChI is InChI=1S/C26H39NO6S/c1-34(31,32)24-12-9-21(10-13-24)8-4-7-17-33-16-6-3-2-5-15-27-19-26(30)22-11-14-25(29)23(18-22)20-28/h9-14,18,26-30H,2-8,15-17,19-20H2,1H3/t26-/m0/s1. The zero-order valence-corrected chi connectivity index (χ0v) is 20.9. The topological polar surface area (TPSA) is 116 Å². The molecule has 0 aliphatic carbocycles. The van der Waals surface area contributed by atoms with Crippen molar-refractivity contribution in [2.45, 2.75) is 62.6 Å². The van der Waals surface area contributed by atoms with Crippen molar-refractivity contribution in [2.24, 2.45) is 0 Å². The van der Waals surface area contributed by atoms with Gasteiger partial charge in [0.15, 0.2) is 9.84 Å². The van der Waals surface area contributed by atoms with E-state index < -0.39 is 15.9 Å². The highest BCUT2D eigenvalue weighted by Crippen LogP contribution is 2.22. The van der Waals surface area contributed by atoms with Gasteiger partial charge in [-0.05, 0) is 74.0 Å². The number of sulfone groups is 1. The van der Waals surface area contributed by atoms with Gasteiger partial charge in [0.25, 0.3) is 0 Å². The summed E-state index contributed by atoms with van der Waals surface area (Å²) in [6, 6.07) is 11.9. The lowest BCUT2D eigenvalue weighted by Gasteiger charge is -2.14. The fraction of sp³-hybridized carbons (Fsp3) is 0.538. The molecule has 0 unspecified atom stereocenters. The molecule has 0 aromatic heterocycles. The van der Waals surface area contributed by atoms with Crippen LogP contribution in [0.4, 0.5) is 0 Å². The zero-order chi connectivity index (χ0) is 24.8. The second-order valence-corrected chi connectivity index (χ2v) is 10.7. The maximum absolute atomic E-state index is 11.5. The van der Waals surface area contributed by atoms with Crippen LogP contribution in [0.2, 0.25) is 0 Å². The number of aryl methyl sites for hydroxylation is 1. The van der Waals surface area contributed by atoms with Crippen molar-refractivity contribution in [3.63, 3.8) is 0 Å². The number of rotatable bonds is 17. The van der Waals surface area contributed by atoms with Gasteiger partial charge < -0.3 is 25.4 Å². The molecule has 0 saturated carbocycles. The molecule has 0 aliphatic rings. The van der Waals surface area contributed by atoms with Gasteiger partial charge in [-0.2, -0.15) is 0 Å². The Hall–Kier alpha value is -1.97. The molecule has 0 fully saturated rings. The van der Waals surface area contributed by atoms with Gasteiger partial charge >= 0.3 is 0 Å². The maximum Gasteiger partial charge on any atom is 0.175 e. The third-order valence-electron chi connectivity index (χ3n) is 5.74. The van der Waals surface area contributed by atoms with Gasteiger partial charge in [0, 0.05) is 31.6 Å². The number of phenols is 1. The molecule has 0 amide bonds. The lowest BCUT2D eigenvalue weighted by atomic mass is 10.1. The summed E-state index contributed by atoms with van der Waals surface area (Å²) in [6.07, 6.45) is 7.74. The summed E-state index contributed by atoms with van der Waals surface area (Å²) < 4.78 is 28.7. The second-order valence-electron chi connectivity index (χ2n) is 8.67. The number of hydrogen-bond acceptors (Lipinski definition) is 7. The van der Waals surface area contributed by atoms with Crippen molar-refractivity contribution in [3.05, 3.63) is 59.2 Å². The van der Waals surface area contributed by atoms with Crippen LogP contribution in [0.25, 0.3) is 0 Å². The lowest BCUT2D eigenvalue weighted by molar-refractivity contribution is 0.126. The van der Waals surface area contributed by atoms with Gasteiger partial charge in [0.05, 0.1) is 17.6 Å². The molecular formula is C26H39NO6S. The maximum atomic E-state index is 11.5. The summed E-state index contributed by atoms with van der Waals surface area (Å²) in [4.78, 5) is 0.361. The Kier molecular flexibility index (Phi) is 12.6. The summed E-state index contributed by atoms with van der Waals surface area (Å²) in [7, 11) is -3.13. The van der Waals surface area contributed by atoms with Crippen LogP contribution in [0, 0.1) is 0 Å². The van der Waals surface area contributed by atoms with E-state index in [-0.39, 0.29) is 12.4 Å². The Morgan fingerprint density at radius 1 is 0.941 bits per heavy atom. The summed E-state index contributed by atoms with van der Waals surface area (Å²) in [5.74, 6) is 0.0363. The van der Waals surface area contributed by atoms with E-state index in [4.69, 9.17) is 4.74 Å². The molecule has 0 saturated heterocycles. The smallest absolute Gasteiger partial charge is 0.175 e. The molecule has 2 aromatic rings. The number of aromatic hydroxyl groups is 1. The first kappa shape index (κ1) is 28.3. The van der Waals surface area contributed by atoms with E-state index in [1.54, 1.807) is 24.3 Å². The average molecular weight is 494 g/mol. The van der Waals surface area contributed by atoms with Crippen molar-refractivity contribution in [2.75, 3.05) is 32.6 Å². The van der Waals surface area contributed by atoms with Crippen molar-refractivity contribution >= 4 is 9.84 Å². The largest absolute Gasteiger partial charge is 0.508 e. The Labute approximate surface area is 203 Å². The number of aliphatic hydroxyl groups excluding tert-OH is 2. The van der Waals surface area contributed by atoms with Gasteiger partial charge in [-0.3, -0.25) is 0 Å². The number of hydrogen-bond donors (Lipinski definition) is 4. The average Bonchev–Trinajstić information content (AvgIpc) is 2.82. The predicted octanol–water partition coefficient (Wildman–Crippen LogP) is 3.51. The van der Waals surface area contributed by atoms with Crippen LogP contribution < -0.4 is 5.32 Å². The molecule has 0 heterocycles. The van der Waals surface area contributed by atoms with Gasteiger partial charge in [-0.1, -0.05) is 31.0 Å². The van der Waals surface area contributed by atoms with E-state index in [9.17, 15) is 23.7 Å². The summed E-state index contributed by atoms with van der Waals surface area (Å²) in [5, 5.41) is 32.3. The van der Waals surface area contributed by atoms with Gasteiger partial charge in [0.2, 0.25) is 0 Å². The quantitative estimate of drug-likeness (QED) is 0.249. The van der Waals surface area contributed by atoms with Crippen LogP contribution in [0.5, 0.6) is 5.75 Å². The molecule has 2 rings (SSSR count). The number of nitrogens with one attached hydrogen (secondary N) is 1. The highest BCUT2D eigenvalue weighted by molar-refractivity contribution is 7.90. The molecule has 190 valence electrons. The Balaban J connectivity index is 1.41. The normalized spacial score (nSPS) is 12.7. The summed E-state index contributed by atoms with van der Waals surface area (Å²) in [6.45, 7) is 2.51. The molecular weight excluding hydrogens is 454 g/mol. The van der Waals surface area contributed by atoms with Crippen molar-refractivity contribution in [1.29, 1.82) is 0 Å². The van der Waals surface area contributed by atoms with Crippen LogP contribution in [0.1, 0.15) is 61.3 Å². The molecule has 8 heteroatoms. The summed E-state index contributed by atoms with van der Waals surface area (Å²) >= 11 is 0. The molecule has 2 aromatic carbocycles. The molecule has 4 N–H and O–H groups in total. The Bertz CT molecular complexity index is 946. The van der Waals surface area contributed by atoms with E-state index in [1.807, 2.05) is 12.1 Å². The zero-order valence-electron chi connectivity index (χ0n) is 20.1. The minimum absolute atomic E-state index is 0.0363. The first-order chi connectivity index (χ1) is 16.3. The van der Waals surface area contributed by atoms with E-state index in [1.165, 1.54) is 12.3 Å². The number of unbranched alkanes of at least 4 members (excludes halogenated alkanes) is 4. The third kappa shape index (κ3) is 10.5. The van der Waals surface area contributed by atoms with Crippen LogP contribution >= 0.6 is 0 Å². The fourth-order valence-corrected chi connectivity index (χ4v) is 4.27. The highest BCUT2D eigenvalue weighted by Gasteiger charge is 2.10. The summed E-state index contributed by atoms with van der Waals surface area (Å²) in [5.41, 5.74) is 2.24. The Morgan fingerprint density at radius 2 is 1.62 bits per heavy atom. The second kappa shape index (κ2) is 15.1. The van der Waals surface area contributed by atoms with Gasteiger partial charge in [-0.25, -0.2) is 8.42 Å². The predicted molar refractivity (Wildman–Crippen MR) is 134 cm³/mol. The molecule has 34 heavy (non-hydrogen) atoms. The minimum atomic E-state index is -3.13. The molecule has 7 nitrogen and oxygen atoms in total. The molecule has 1 atom stereocenters. The number of benzene rings is 2. The number of aliphatic hydroxyl groups is 2.